The summed E-state index contributed by atoms with van der Waals surface area (Å²) >= 11 is 0. The minimum Gasteiger partial charge on any atom is -0.493 e. The quantitative estimate of drug-likeness (QED) is 0.435. The van der Waals surface area contributed by atoms with Gasteiger partial charge in [0.15, 0.2) is 0 Å². The predicted molar refractivity (Wildman–Crippen MR) is 119 cm³/mol. The Hall–Kier alpha value is -3.08. The summed E-state index contributed by atoms with van der Waals surface area (Å²) < 4.78 is 25.2. The van der Waals surface area contributed by atoms with Crippen LogP contribution in [-0.2, 0) is 4.79 Å². The third-order valence-corrected chi connectivity index (χ3v) is 5.33. The van der Waals surface area contributed by atoms with Crippen molar-refractivity contribution in [3.63, 3.8) is 0 Å². The van der Waals surface area contributed by atoms with E-state index in [0.717, 1.165) is 38.8 Å². The maximum absolute atomic E-state index is 13.4. The first-order valence-electron chi connectivity index (χ1n) is 10.3. The monoisotopic (exact) mass is 409 g/mol. The molecule has 0 radical (unpaired) electrons. The zero-order valence-corrected chi connectivity index (χ0v) is 18.2. The molecule has 5 heteroatoms. The van der Waals surface area contributed by atoms with Gasteiger partial charge >= 0.3 is 0 Å². The van der Waals surface area contributed by atoms with E-state index in [9.17, 15) is 9.18 Å². The van der Waals surface area contributed by atoms with Crippen LogP contribution in [0.3, 0.4) is 0 Å². The molecule has 0 unspecified atom stereocenters. The molecule has 0 atom stereocenters. The fourth-order valence-corrected chi connectivity index (χ4v) is 3.68. The Balaban J connectivity index is 2.19. The van der Waals surface area contributed by atoms with Gasteiger partial charge in [-0.3, -0.25) is 4.79 Å². The number of carbonyl (C=O) groups excluding carboxylic acids is 1. The molecule has 158 valence electrons. The third-order valence-electron chi connectivity index (χ3n) is 5.33. The van der Waals surface area contributed by atoms with E-state index in [0.29, 0.717) is 25.4 Å². The number of likely N-dealkylation sites (N-methyl/N-ethyl adjacent to an activating group) is 1. The molecule has 0 fully saturated rings. The summed E-state index contributed by atoms with van der Waals surface area (Å²) in [6.07, 6.45) is 3.35. The number of allylic oxidation sites excluding steroid dienone is 1. The lowest BCUT2D eigenvalue weighted by atomic mass is 9.96. The summed E-state index contributed by atoms with van der Waals surface area (Å²) in [5.74, 6) is 0.408. The van der Waals surface area contributed by atoms with Gasteiger partial charge < -0.3 is 14.1 Å². The highest BCUT2D eigenvalue weighted by atomic mass is 19.1. The van der Waals surface area contributed by atoms with Gasteiger partial charge in [-0.15, -0.1) is 0 Å². The summed E-state index contributed by atoms with van der Waals surface area (Å²) in [5, 5.41) is 0.903. The number of rotatable bonds is 7. The van der Waals surface area contributed by atoms with Gasteiger partial charge in [-0.1, -0.05) is 12.1 Å². The zero-order chi connectivity index (χ0) is 21.8. The van der Waals surface area contributed by atoms with Crippen molar-refractivity contribution in [2.75, 3.05) is 19.7 Å². The minimum absolute atomic E-state index is 0.0244. The van der Waals surface area contributed by atoms with Gasteiger partial charge in [-0.2, -0.15) is 0 Å². The molecular formula is C25H28FNO3. The van der Waals surface area contributed by atoms with Crippen LogP contribution in [0.15, 0.2) is 47.1 Å². The van der Waals surface area contributed by atoms with Crippen molar-refractivity contribution in [2.24, 2.45) is 0 Å². The number of hydrogen-bond donors (Lipinski definition) is 0. The maximum Gasteiger partial charge on any atom is 0.246 e. The number of furan rings is 1. The molecule has 3 aromatic rings. The third kappa shape index (κ3) is 4.11. The second-order valence-electron chi connectivity index (χ2n) is 7.18. The highest BCUT2D eigenvalue weighted by Gasteiger charge is 2.19. The van der Waals surface area contributed by atoms with Gasteiger partial charge in [0.25, 0.3) is 0 Å². The van der Waals surface area contributed by atoms with Gasteiger partial charge in [0.2, 0.25) is 5.91 Å². The van der Waals surface area contributed by atoms with Crippen LogP contribution in [0.1, 0.15) is 38.8 Å². The van der Waals surface area contributed by atoms with Crippen molar-refractivity contribution in [2.45, 2.75) is 34.6 Å². The molecule has 2 aromatic carbocycles. The van der Waals surface area contributed by atoms with Crippen molar-refractivity contribution < 1.29 is 18.3 Å². The average Bonchev–Trinajstić information content (AvgIpc) is 3.15. The summed E-state index contributed by atoms with van der Waals surface area (Å²) in [6, 6.07) is 8.33. The van der Waals surface area contributed by atoms with Crippen LogP contribution in [0, 0.1) is 12.7 Å². The Morgan fingerprint density at radius 3 is 2.43 bits per heavy atom. The number of halogens is 1. The summed E-state index contributed by atoms with van der Waals surface area (Å²) in [5.41, 5.74) is 5.02. The van der Waals surface area contributed by atoms with Crippen LogP contribution < -0.4 is 4.74 Å². The Kier molecular flexibility index (Phi) is 6.60. The molecule has 0 aliphatic heterocycles. The summed E-state index contributed by atoms with van der Waals surface area (Å²) in [7, 11) is 0. The molecule has 0 spiro atoms. The molecule has 1 amide bonds. The molecule has 0 bridgehead atoms. The Labute approximate surface area is 176 Å². The molecule has 30 heavy (non-hydrogen) atoms. The number of hydrogen-bond acceptors (Lipinski definition) is 3. The van der Waals surface area contributed by atoms with Crippen LogP contribution in [0.25, 0.3) is 27.7 Å². The Morgan fingerprint density at radius 2 is 1.83 bits per heavy atom. The van der Waals surface area contributed by atoms with Gasteiger partial charge in [0.05, 0.1) is 12.9 Å². The zero-order valence-electron chi connectivity index (χ0n) is 18.2. The molecule has 0 saturated carbocycles. The number of benzene rings is 2. The minimum atomic E-state index is -0.282. The number of nitrogens with zero attached hydrogens (tertiary/aromatic N) is 1. The smallest absolute Gasteiger partial charge is 0.246 e. The van der Waals surface area contributed by atoms with E-state index in [4.69, 9.17) is 9.15 Å². The standard InChI is InChI=1S/C25H28FNO3/c1-6-27(7-2)23(28)13-16(4)20-14-21-22(18-9-11-19(26)12-10-18)15-30-25(21)17(5)24(20)29-8-3/h9-15H,6-8H2,1-5H3/b16-13+. The predicted octanol–water partition coefficient (Wildman–Crippen LogP) is 6.22. The first-order valence-corrected chi connectivity index (χ1v) is 10.3. The normalized spacial score (nSPS) is 11.7. The summed E-state index contributed by atoms with van der Waals surface area (Å²) in [6.45, 7) is 11.6. The van der Waals surface area contributed by atoms with Crippen LogP contribution in [0.5, 0.6) is 5.75 Å². The van der Waals surface area contributed by atoms with E-state index in [-0.39, 0.29) is 11.7 Å². The second kappa shape index (κ2) is 9.16. The average molecular weight is 410 g/mol. The summed E-state index contributed by atoms with van der Waals surface area (Å²) in [4.78, 5) is 14.4. The van der Waals surface area contributed by atoms with Crippen molar-refractivity contribution in [3.05, 3.63) is 59.6 Å². The van der Waals surface area contributed by atoms with Gasteiger partial charge in [-0.05, 0) is 64.0 Å². The lowest BCUT2D eigenvalue weighted by Gasteiger charge is -2.18. The van der Waals surface area contributed by atoms with Gasteiger partial charge in [-0.25, -0.2) is 4.39 Å². The molecule has 0 saturated heterocycles. The molecule has 0 N–H and O–H groups in total. The van der Waals surface area contributed by atoms with Crippen LogP contribution in [0.4, 0.5) is 4.39 Å². The maximum atomic E-state index is 13.4. The van der Waals surface area contributed by atoms with Crippen LogP contribution in [0.2, 0.25) is 0 Å². The van der Waals surface area contributed by atoms with Crippen molar-refractivity contribution in [1.29, 1.82) is 0 Å². The van der Waals surface area contributed by atoms with E-state index in [1.807, 2.05) is 40.7 Å². The first kappa shape index (κ1) is 21.6. The van der Waals surface area contributed by atoms with Crippen molar-refractivity contribution in [1.82, 2.24) is 4.90 Å². The number of aryl methyl sites for hydroxylation is 1. The SMILES string of the molecule is CCOc1c(/C(C)=C/C(=O)N(CC)CC)cc2c(-c3ccc(F)cc3)coc2c1C. The van der Waals surface area contributed by atoms with Gasteiger partial charge in [0.1, 0.15) is 17.1 Å². The molecule has 0 aliphatic carbocycles. The molecular weight excluding hydrogens is 381 g/mol. The molecule has 1 heterocycles. The van der Waals surface area contributed by atoms with Crippen molar-refractivity contribution in [3.8, 4) is 16.9 Å². The van der Waals surface area contributed by atoms with Crippen LogP contribution >= 0.6 is 0 Å². The van der Waals surface area contributed by atoms with Gasteiger partial charge in [0, 0.05) is 41.2 Å². The highest BCUT2D eigenvalue weighted by molar-refractivity contribution is 6.01. The Morgan fingerprint density at radius 1 is 1.17 bits per heavy atom. The fraction of sp³-hybridized carbons (Fsp3) is 0.320. The van der Waals surface area contributed by atoms with E-state index < -0.39 is 0 Å². The lowest BCUT2D eigenvalue weighted by molar-refractivity contribution is -0.125. The molecule has 0 aliphatic rings. The van der Waals surface area contributed by atoms with E-state index in [2.05, 4.69) is 0 Å². The molecule has 4 nitrogen and oxygen atoms in total. The number of fused-ring (bicyclic) bond motifs is 1. The number of ether oxygens (including phenoxy) is 1. The fourth-order valence-electron chi connectivity index (χ4n) is 3.68. The molecule has 3 rings (SSSR count). The number of carbonyl (C=O) groups is 1. The van der Waals surface area contributed by atoms with Crippen LogP contribution in [-0.4, -0.2) is 30.5 Å². The topological polar surface area (TPSA) is 42.7 Å². The Bertz CT molecular complexity index is 1080. The highest BCUT2D eigenvalue weighted by Crippen LogP contribution is 2.40. The first-order chi connectivity index (χ1) is 14.4. The van der Waals surface area contributed by atoms with E-state index in [1.54, 1.807) is 29.4 Å². The second-order valence-corrected chi connectivity index (χ2v) is 7.18. The largest absolute Gasteiger partial charge is 0.493 e. The van der Waals surface area contributed by atoms with E-state index >= 15 is 0 Å². The number of amides is 1. The lowest BCUT2D eigenvalue weighted by Crippen LogP contribution is -2.28. The molecule has 1 aromatic heterocycles. The van der Waals surface area contributed by atoms with Crippen molar-refractivity contribution >= 4 is 22.4 Å². The van der Waals surface area contributed by atoms with E-state index in [1.165, 1.54) is 12.1 Å².